The maximum absolute atomic E-state index is 14.8. The summed E-state index contributed by atoms with van der Waals surface area (Å²) in [5, 5.41) is 0. The number of ether oxygens (including phenoxy) is 4. The number of rotatable bonds is 12. The van der Waals surface area contributed by atoms with Crippen molar-refractivity contribution in [3.8, 4) is 0 Å². The Morgan fingerprint density at radius 2 is 0.975 bits per heavy atom. The van der Waals surface area contributed by atoms with Crippen LogP contribution < -0.4 is 0 Å². The summed E-state index contributed by atoms with van der Waals surface area (Å²) in [6.07, 6.45) is -8.35. The van der Waals surface area contributed by atoms with Gasteiger partial charge in [-0.2, -0.15) is 17.6 Å². The number of hydrogen-bond donors (Lipinski definition) is 0. The van der Waals surface area contributed by atoms with E-state index in [9.17, 15) is 27.2 Å². The van der Waals surface area contributed by atoms with Crippen LogP contribution in [0.4, 0.5) is 17.6 Å². The lowest BCUT2D eigenvalue weighted by molar-refractivity contribution is -0.297. The van der Waals surface area contributed by atoms with E-state index in [4.69, 9.17) is 18.9 Å². The first-order chi connectivity index (χ1) is 18.8. The Morgan fingerprint density at radius 3 is 1.25 bits per heavy atom. The van der Waals surface area contributed by atoms with Gasteiger partial charge >= 0.3 is 24.2 Å². The molecule has 3 rings (SSSR count). The summed E-state index contributed by atoms with van der Waals surface area (Å²) >= 11 is 0. The Morgan fingerprint density at radius 1 is 0.675 bits per heavy atom. The first-order valence-electron chi connectivity index (χ1n) is 12.7. The molecule has 2 aromatic rings. The van der Waals surface area contributed by atoms with Crippen molar-refractivity contribution in [2.45, 2.75) is 77.2 Å². The molecule has 0 spiro atoms. The number of hydrogen-bond acceptors (Lipinski definition) is 6. The van der Waals surface area contributed by atoms with Crippen molar-refractivity contribution in [3.05, 3.63) is 95.1 Å². The highest BCUT2D eigenvalue weighted by molar-refractivity contribution is 5.87. The van der Waals surface area contributed by atoms with Crippen LogP contribution in [0.1, 0.15) is 61.8 Å². The molecule has 0 unspecified atom stereocenters. The summed E-state index contributed by atoms with van der Waals surface area (Å²) in [5.74, 6) is -1.15. The van der Waals surface area contributed by atoms with Crippen molar-refractivity contribution in [2.24, 2.45) is 0 Å². The Bertz CT molecular complexity index is 1100. The van der Waals surface area contributed by atoms with E-state index in [1.54, 1.807) is 0 Å². The molecule has 6 nitrogen and oxygen atoms in total. The molecule has 0 aliphatic heterocycles. The quantitative estimate of drug-likeness (QED) is 0.156. The largest absolute Gasteiger partial charge is 0.457 e. The standard InChI is InChI=1S/C30H32F4O6/c1-19(2)27(35)37-17-21-5-9-23(10-6-21)29(31,32)39-25-13-15-26(16-14-25)40-30(33,34)24-11-7-22(8-12-24)18-38-28(36)20(3)4/h5-12,25-26H,1,3,13-18H2,2,4H3. The van der Waals surface area contributed by atoms with Crippen molar-refractivity contribution in [1.29, 1.82) is 0 Å². The van der Waals surface area contributed by atoms with Gasteiger partial charge in [-0.05, 0) is 74.9 Å². The number of alkyl halides is 4. The molecule has 0 aromatic heterocycles. The fourth-order valence-electron chi connectivity index (χ4n) is 3.96. The lowest BCUT2D eigenvalue weighted by Crippen LogP contribution is -2.34. The van der Waals surface area contributed by atoms with Gasteiger partial charge in [0.25, 0.3) is 0 Å². The molecule has 0 amide bonds. The van der Waals surface area contributed by atoms with E-state index in [-0.39, 0.29) is 61.2 Å². The lowest BCUT2D eigenvalue weighted by atomic mass is 9.94. The Hall–Kier alpha value is -3.50. The zero-order chi connectivity index (χ0) is 29.5. The number of carbonyl (C=O) groups is 2. The van der Waals surface area contributed by atoms with Gasteiger partial charge in [-0.1, -0.05) is 37.4 Å². The predicted octanol–water partition coefficient (Wildman–Crippen LogP) is 7.07. The van der Waals surface area contributed by atoms with Crippen molar-refractivity contribution < 1.29 is 46.1 Å². The van der Waals surface area contributed by atoms with Crippen molar-refractivity contribution in [1.82, 2.24) is 0 Å². The van der Waals surface area contributed by atoms with Gasteiger partial charge in [0.1, 0.15) is 13.2 Å². The van der Waals surface area contributed by atoms with Gasteiger partial charge in [0, 0.05) is 11.1 Å². The van der Waals surface area contributed by atoms with Crippen LogP contribution in [0.15, 0.2) is 72.8 Å². The second kappa shape index (κ2) is 13.2. The first kappa shape index (κ1) is 31.0. The van der Waals surface area contributed by atoms with E-state index >= 15 is 0 Å². The van der Waals surface area contributed by atoms with Crippen molar-refractivity contribution >= 4 is 11.9 Å². The molecule has 1 aliphatic carbocycles. The van der Waals surface area contributed by atoms with Crippen molar-refractivity contribution in [2.75, 3.05) is 0 Å². The zero-order valence-electron chi connectivity index (χ0n) is 22.4. The summed E-state index contributed by atoms with van der Waals surface area (Å²) in [5.41, 5.74) is 0.766. The third kappa shape index (κ3) is 8.76. The van der Waals surface area contributed by atoms with Crippen LogP contribution in [0.2, 0.25) is 0 Å². The lowest BCUT2D eigenvalue weighted by Gasteiger charge is -2.33. The van der Waals surface area contributed by atoms with Crippen LogP contribution in [-0.2, 0) is 54.0 Å². The van der Waals surface area contributed by atoms with Crippen molar-refractivity contribution in [3.63, 3.8) is 0 Å². The summed E-state index contributed by atoms with van der Waals surface area (Å²) in [4.78, 5) is 23.0. The normalized spacial score (nSPS) is 17.6. The highest BCUT2D eigenvalue weighted by Gasteiger charge is 2.40. The molecule has 0 saturated heterocycles. The van der Waals surface area contributed by atoms with E-state index < -0.39 is 36.4 Å². The van der Waals surface area contributed by atoms with E-state index in [1.807, 2.05) is 0 Å². The molecule has 2 aromatic carbocycles. The molecule has 1 fully saturated rings. The maximum atomic E-state index is 14.8. The van der Waals surface area contributed by atoms with Gasteiger partial charge in [0.2, 0.25) is 0 Å². The summed E-state index contributed by atoms with van der Waals surface area (Å²) < 4.78 is 79.1. The second-order valence-electron chi connectivity index (χ2n) is 9.77. The Balaban J connectivity index is 1.48. The molecule has 0 bridgehead atoms. The van der Waals surface area contributed by atoms with E-state index in [0.717, 1.165) is 0 Å². The van der Waals surface area contributed by atoms with E-state index in [0.29, 0.717) is 11.1 Å². The maximum Gasteiger partial charge on any atom is 0.383 e. The molecular weight excluding hydrogens is 532 g/mol. The molecular formula is C30H32F4O6. The number of halogens is 4. The van der Waals surface area contributed by atoms with Crippen LogP contribution in [0.3, 0.4) is 0 Å². The Labute approximate surface area is 230 Å². The van der Waals surface area contributed by atoms with Gasteiger partial charge in [0.05, 0.1) is 23.3 Å². The predicted molar refractivity (Wildman–Crippen MR) is 138 cm³/mol. The first-order valence-corrected chi connectivity index (χ1v) is 12.7. The van der Waals surface area contributed by atoms with Crippen LogP contribution in [0.25, 0.3) is 0 Å². The molecule has 0 atom stereocenters. The number of benzene rings is 2. The summed E-state index contributed by atoms with van der Waals surface area (Å²) in [7, 11) is 0. The smallest absolute Gasteiger partial charge is 0.383 e. The second-order valence-corrected chi connectivity index (χ2v) is 9.77. The summed E-state index contributed by atoms with van der Waals surface area (Å²) in [6, 6.07) is 10.4. The molecule has 0 radical (unpaired) electrons. The highest BCUT2D eigenvalue weighted by atomic mass is 19.3. The van der Waals surface area contributed by atoms with Crippen LogP contribution in [-0.4, -0.2) is 24.1 Å². The monoisotopic (exact) mass is 564 g/mol. The fourth-order valence-corrected chi connectivity index (χ4v) is 3.96. The average Bonchev–Trinajstić information content (AvgIpc) is 2.91. The van der Waals surface area contributed by atoms with Gasteiger partial charge in [-0.3, -0.25) is 0 Å². The van der Waals surface area contributed by atoms with Gasteiger partial charge in [0.15, 0.2) is 0 Å². The van der Waals surface area contributed by atoms with Crippen LogP contribution in [0.5, 0.6) is 0 Å². The third-order valence-corrected chi connectivity index (χ3v) is 6.27. The molecule has 0 N–H and O–H groups in total. The third-order valence-electron chi connectivity index (χ3n) is 6.27. The topological polar surface area (TPSA) is 71.1 Å². The van der Waals surface area contributed by atoms with Crippen LogP contribution >= 0.6 is 0 Å². The minimum atomic E-state index is -3.59. The van der Waals surface area contributed by atoms with Gasteiger partial charge in [-0.25, -0.2) is 9.59 Å². The van der Waals surface area contributed by atoms with Gasteiger partial charge < -0.3 is 18.9 Å². The minimum absolute atomic E-state index is 0.0813. The van der Waals surface area contributed by atoms with Crippen LogP contribution in [0, 0.1) is 0 Å². The SMILES string of the molecule is C=C(C)C(=O)OCc1ccc(C(F)(F)OC2CCC(OC(F)(F)c3ccc(COC(=O)C(=C)C)cc3)CC2)cc1. The molecule has 216 valence electrons. The van der Waals surface area contributed by atoms with Gasteiger partial charge in [-0.15, -0.1) is 0 Å². The zero-order valence-corrected chi connectivity index (χ0v) is 22.4. The van der Waals surface area contributed by atoms with E-state index in [2.05, 4.69) is 13.2 Å². The Kier molecular flexibility index (Phi) is 10.3. The molecule has 1 aliphatic rings. The minimum Gasteiger partial charge on any atom is -0.457 e. The summed E-state index contributed by atoms with van der Waals surface area (Å²) in [6.45, 7) is 9.79. The molecule has 0 heterocycles. The number of esters is 2. The highest BCUT2D eigenvalue weighted by Crippen LogP contribution is 2.38. The molecule has 1 saturated carbocycles. The average molecular weight is 565 g/mol. The fraction of sp³-hybridized carbons (Fsp3) is 0.400. The molecule has 10 heteroatoms. The number of carbonyl (C=O) groups excluding carboxylic acids is 2. The molecule has 40 heavy (non-hydrogen) atoms. The van der Waals surface area contributed by atoms with E-state index in [1.165, 1.54) is 62.4 Å².